The Morgan fingerprint density at radius 2 is 1.76 bits per heavy atom. The Morgan fingerprint density at radius 3 is 2.37 bits per heavy atom. The largest absolute Gasteiger partial charge is 0.497 e. The van der Waals surface area contributed by atoms with E-state index in [4.69, 9.17) is 4.74 Å². The highest BCUT2D eigenvalue weighted by Gasteiger charge is 2.28. The van der Waals surface area contributed by atoms with Crippen molar-refractivity contribution >= 4 is 49.0 Å². The smallest absolute Gasteiger partial charge is 0.256 e. The van der Waals surface area contributed by atoms with Crippen molar-refractivity contribution in [1.82, 2.24) is 14.2 Å². The molecule has 0 aliphatic rings. The molecule has 1 amide bonds. The topological polar surface area (TPSA) is 117 Å². The van der Waals surface area contributed by atoms with E-state index >= 15 is 0 Å². The summed E-state index contributed by atoms with van der Waals surface area (Å²) in [6.45, 7) is 0.397. The monoisotopic (exact) mass is 623 g/mol. The minimum Gasteiger partial charge on any atom is -0.497 e. The second-order valence-corrected chi connectivity index (χ2v) is 13.3. The Kier molecular flexibility index (Phi) is 10.6. The number of amides is 1. The summed E-state index contributed by atoms with van der Waals surface area (Å²) in [5, 5.41) is 11.3. The number of Topliss-reactive ketones (excluding diaryl/α,β-unsaturated/α-hetero) is 1. The molecule has 0 fully saturated rings. The molecule has 0 radical (unpaired) electrons. The molecule has 2 aromatic carbocycles. The van der Waals surface area contributed by atoms with Crippen LogP contribution in [-0.2, 0) is 27.8 Å². The van der Waals surface area contributed by atoms with Crippen molar-refractivity contribution in [1.29, 1.82) is 0 Å². The number of methoxy groups -OCH3 is 1. The molecule has 0 unspecified atom stereocenters. The quantitative estimate of drug-likeness (QED) is 0.289. The van der Waals surface area contributed by atoms with Crippen molar-refractivity contribution in [3.05, 3.63) is 80.2 Å². The van der Waals surface area contributed by atoms with Crippen LogP contribution in [0.15, 0.2) is 58.4 Å². The molecule has 204 valence electrons. The number of nitrogens with zero attached hydrogens (tertiary/aromatic N) is 3. The molecule has 12 heteroatoms. The fraction of sp³-hybridized carbons (Fsp3) is 0.346. The molecule has 0 bridgehead atoms. The number of sulfonamides is 1. The van der Waals surface area contributed by atoms with E-state index in [9.17, 15) is 23.1 Å². The van der Waals surface area contributed by atoms with Gasteiger partial charge in [0.05, 0.1) is 13.7 Å². The highest BCUT2D eigenvalue weighted by molar-refractivity contribution is 9.11. The number of aliphatic hydroxyl groups is 1. The molecule has 0 aliphatic carbocycles. The number of carbonyl (C=O) groups excluding carboxylic acids is 2. The molecule has 1 heterocycles. The van der Waals surface area contributed by atoms with Gasteiger partial charge in [0.15, 0.2) is 11.9 Å². The summed E-state index contributed by atoms with van der Waals surface area (Å²) in [5.41, 5.74) is 1.55. The number of ketones is 1. The molecule has 0 aliphatic heterocycles. The third-order valence-corrected chi connectivity index (χ3v) is 9.23. The molecule has 38 heavy (non-hydrogen) atoms. The van der Waals surface area contributed by atoms with Crippen molar-refractivity contribution in [2.75, 3.05) is 33.5 Å². The second-order valence-electron chi connectivity index (χ2n) is 8.72. The lowest BCUT2D eigenvalue weighted by molar-refractivity contribution is -0.141. The van der Waals surface area contributed by atoms with Crippen molar-refractivity contribution in [3.63, 3.8) is 0 Å². The van der Waals surface area contributed by atoms with Gasteiger partial charge < -0.3 is 14.7 Å². The van der Waals surface area contributed by atoms with Gasteiger partial charge >= 0.3 is 0 Å². The third-order valence-electron chi connectivity index (χ3n) is 5.80. The highest BCUT2D eigenvalue weighted by atomic mass is 79.9. The molecular weight excluding hydrogens is 594 g/mol. The maximum Gasteiger partial charge on any atom is 0.256 e. The lowest BCUT2D eigenvalue weighted by atomic mass is 10.1. The number of thiazole rings is 1. The fourth-order valence-electron chi connectivity index (χ4n) is 3.60. The van der Waals surface area contributed by atoms with Gasteiger partial charge in [-0.15, -0.1) is 11.3 Å². The van der Waals surface area contributed by atoms with Crippen LogP contribution in [0.2, 0.25) is 0 Å². The number of carbonyl (C=O) groups is 2. The van der Waals surface area contributed by atoms with Crippen LogP contribution in [0.5, 0.6) is 5.75 Å². The lowest BCUT2D eigenvalue weighted by Gasteiger charge is -2.25. The van der Waals surface area contributed by atoms with E-state index in [-0.39, 0.29) is 12.2 Å². The average molecular weight is 625 g/mol. The molecule has 0 spiro atoms. The molecule has 9 nitrogen and oxygen atoms in total. The summed E-state index contributed by atoms with van der Waals surface area (Å²) >= 11 is 4.46. The summed E-state index contributed by atoms with van der Waals surface area (Å²) in [6.07, 6.45) is -0.0195. The van der Waals surface area contributed by atoms with Crippen molar-refractivity contribution in [2.24, 2.45) is 0 Å². The van der Waals surface area contributed by atoms with Gasteiger partial charge in [-0.2, -0.15) is 0 Å². The average Bonchev–Trinajstić information content (AvgIpc) is 3.27. The summed E-state index contributed by atoms with van der Waals surface area (Å²) in [6, 6.07) is 16.5. The van der Waals surface area contributed by atoms with Crippen LogP contribution in [0, 0.1) is 0 Å². The minimum atomic E-state index is -3.75. The normalized spacial score (nSPS) is 12.4. The summed E-state index contributed by atoms with van der Waals surface area (Å²) < 4.78 is 30.8. The van der Waals surface area contributed by atoms with Crippen LogP contribution in [0.1, 0.15) is 39.1 Å². The Bertz CT molecular complexity index is 1350. The van der Waals surface area contributed by atoms with Crippen LogP contribution >= 0.6 is 27.3 Å². The molecule has 1 N–H and O–H groups in total. The first-order valence-corrected chi connectivity index (χ1v) is 15.0. The van der Waals surface area contributed by atoms with Gasteiger partial charge in [-0.3, -0.25) is 9.59 Å². The van der Waals surface area contributed by atoms with Gasteiger partial charge in [0.25, 0.3) is 5.91 Å². The van der Waals surface area contributed by atoms with E-state index in [2.05, 4.69) is 20.9 Å². The number of ether oxygens (including phenoxy) is 1. The first-order chi connectivity index (χ1) is 18.0. The number of rotatable bonds is 13. The summed E-state index contributed by atoms with van der Waals surface area (Å²) in [7, 11) is 0.497. The van der Waals surface area contributed by atoms with Gasteiger partial charge in [-0.05, 0) is 52.0 Å². The van der Waals surface area contributed by atoms with Crippen molar-refractivity contribution < 1.29 is 27.9 Å². The molecule has 1 atom stereocenters. The number of hydrogen-bond acceptors (Lipinski definition) is 8. The van der Waals surface area contributed by atoms with Crippen LogP contribution < -0.4 is 4.74 Å². The first kappa shape index (κ1) is 29.9. The zero-order valence-electron chi connectivity index (χ0n) is 21.3. The lowest BCUT2D eigenvalue weighted by Crippen LogP contribution is -2.35. The van der Waals surface area contributed by atoms with E-state index in [1.165, 1.54) is 26.1 Å². The van der Waals surface area contributed by atoms with E-state index in [1.807, 2.05) is 30.3 Å². The first-order valence-electron chi connectivity index (χ1n) is 11.7. The minimum absolute atomic E-state index is 0.00260. The number of aromatic nitrogens is 1. The van der Waals surface area contributed by atoms with Crippen molar-refractivity contribution in [2.45, 2.75) is 25.5 Å². The molecule has 1 aromatic heterocycles. The van der Waals surface area contributed by atoms with Crippen LogP contribution in [-0.4, -0.2) is 72.9 Å². The zero-order valence-corrected chi connectivity index (χ0v) is 24.6. The Morgan fingerprint density at radius 1 is 1.11 bits per heavy atom. The molecule has 0 saturated heterocycles. The maximum absolute atomic E-state index is 13.4. The molecule has 3 aromatic rings. The number of aliphatic hydroxyl groups excluding tert-OH is 1. The number of benzene rings is 2. The van der Waals surface area contributed by atoms with Gasteiger partial charge in [0.2, 0.25) is 10.0 Å². The van der Waals surface area contributed by atoms with Crippen LogP contribution in [0.4, 0.5) is 0 Å². The maximum atomic E-state index is 13.4. The van der Waals surface area contributed by atoms with E-state index in [1.54, 1.807) is 24.3 Å². The molecule has 0 saturated carbocycles. The Balaban J connectivity index is 1.80. The SMILES string of the molecule is COc1ccc([C@@H](O)C(=O)N(CCCc2ccccc2)Cc2nc(C(=O)CS(=O)(=O)N(C)C)c(Br)s2)cc1. The predicted octanol–water partition coefficient (Wildman–Crippen LogP) is 3.68. The van der Waals surface area contributed by atoms with Gasteiger partial charge in [-0.25, -0.2) is 17.7 Å². The number of hydrogen-bond donors (Lipinski definition) is 1. The molecular formula is C26H30BrN3O6S2. The third kappa shape index (κ3) is 7.93. The summed E-state index contributed by atoms with van der Waals surface area (Å²) in [4.78, 5) is 31.9. The van der Waals surface area contributed by atoms with Gasteiger partial charge in [0.1, 0.15) is 26.0 Å². The highest BCUT2D eigenvalue weighted by Crippen LogP contribution is 2.28. The zero-order chi connectivity index (χ0) is 27.9. The fourth-order valence-corrected chi connectivity index (χ4v) is 6.01. The van der Waals surface area contributed by atoms with Crippen LogP contribution in [0.25, 0.3) is 0 Å². The van der Waals surface area contributed by atoms with E-state index in [0.29, 0.717) is 33.1 Å². The standard InChI is InChI=1S/C26H30BrN3O6S2/c1-29(2)38(34,35)17-21(31)23-25(27)37-22(28-23)16-30(15-7-10-18-8-5-4-6-9-18)26(33)24(32)19-11-13-20(36-3)14-12-19/h4-6,8-9,11-14,24,32H,7,10,15-17H2,1-3H3/t24-/m1/s1. The van der Waals surface area contributed by atoms with Crippen LogP contribution in [0.3, 0.4) is 0 Å². The van der Waals surface area contributed by atoms with Gasteiger partial charge in [0, 0.05) is 20.6 Å². The van der Waals surface area contributed by atoms with Gasteiger partial charge in [-0.1, -0.05) is 42.5 Å². The second kappa shape index (κ2) is 13.4. The number of halogens is 1. The predicted molar refractivity (Wildman–Crippen MR) is 150 cm³/mol. The van der Waals surface area contributed by atoms with E-state index < -0.39 is 33.6 Å². The number of aryl methyl sites for hydroxylation is 1. The molecule has 3 rings (SSSR count). The Hall–Kier alpha value is -2.64. The van der Waals surface area contributed by atoms with Crippen molar-refractivity contribution in [3.8, 4) is 5.75 Å². The van der Waals surface area contributed by atoms with E-state index in [0.717, 1.165) is 27.6 Å². The summed E-state index contributed by atoms with van der Waals surface area (Å²) in [5.74, 6) is -1.25. The Labute approximate surface area is 235 Å².